The van der Waals surface area contributed by atoms with Gasteiger partial charge >= 0.3 is 6.03 Å². The van der Waals surface area contributed by atoms with Crippen LogP contribution in [0.15, 0.2) is 18.2 Å². The summed E-state index contributed by atoms with van der Waals surface area (Å²) < 4.78 is 24.2. The number of benzene rings is 1. The molecule has 0 spiro atoms. The van der Waals surface area contributed by atoms with Crippen molar-refractivity contribution < 1.29 is 18.7 Å². The van der Waals surface area contributed by atoms with Crippen LogP contribution in [0.5, 0.6) is 5.75 Å². The number of nitrogens with one attached hydrogen (secondary N) is 1. The first kappa shape index (κ1) is 15.6. The van der Waals surface area contributed by atoms with E-state index in [1.807, 2.05) is 20.8 Å². The van der Waals surface area contributed by atoms with Crippen LogP contribution in [-0.2, 0) is 4.74 Å². The predicted octanol–water partition coefficient (Wildman–Crippen LogP) is 2.87. The molecule has 1 aliphatic heterocycles. The summed E-state index contributed by atoms with van der Waals surface area (Å²) in [5, 5.41) is 2.77. The van der Waals surface area contributed by atoms with Gasteiger partial charge in [0.2, 0.25) is 0 Å². The van der Waals surface area contributed by atoms with Gasteiger partial charge in [-0.3, -0.25) is 0 Å². The van der Waals surface area contributed by atoms with Crippen molar-refractivity contribution in [3.8, 4) is 5.75 Å². The second-order valence-electron chi connectivity index (χ2n) is 5.17. The highest BCUT2D eigenvalue weighted by atomic mass is 19.1. The first-order valence-electron chi connectivity index (χ1n) is 7.13. The topological polar surface area (TPSA) is 50.8 Å². The Kier molecular flexibility index (Phi) is 5.01. The molecule has 2 amide bonds. The summed E-state index contributed by atoms with van der Waals surface area (Å²) in [7, 11) is 0. The van der Waals surface area contributed by atoms with Gasteiger partial charge in [-0.15, -0.1) is 0 Å². The lowest BCUT2D eigenvalue weighted by Crippen LogP contribution is -2.49. The number of carbonyl (C=O) groups is 1. The van der Waals surface area contributed by atoms with Gasteiger partial charge in [-0.05, 0) is 32.9 Å². The SMILES string of the molecule is CCOc1cc(F)ccc1NC(=O)N1C[C@H](C)O[C@@H](C)C1. The Morgan fingerprint density at radius 2 is 2.10 bits per heavy atom. The van der Waals surface area contributed by atoms with Gasteiger partial charge in [0.15, 0.2) is 0 Å². The molecule has 1 saturated heterocycles. The summed E-state index contributed by atoms with van der Waals surface area (Å²) in [6, 6.07) is 3.84. The average molecular weight is 296 g/mol. The van der Waals surface area contributed by atoms with E-state index in [0.717, 1.165) is 0 Å². The Hall–Kier alpha value is -1.82. The van der Waals surface area contributed by atoms with E-state index in [1.165, 1.54) is 18.2 Å². The van der Waals surface area contributed by atoms with Gasteiger partial charge in [-0.1, -0.05) is 0 Å². The minimum atomic E-state index is -0.398. The maximum atomic E-state index is 13.2. The Labute approximate surface area is 124 Å². The van der Waals surface area contributed by atoms with Crippen molar-refractivity contribution >= 4 is 11.7 Å². The highest BCUT2D eigenvalue weighted by molar-refractivity contribution is 5.91. The van der Waals surface area contributed by atoms with Crippen molar-refractivity contribution in [2.75, 3.05) is 25.0 Å². The van der Waals surface area contributed by atoms with E-state index in [4.69, 9.17) is 9.47 Å². The number of anilines is 1. The third kappa shape index (κ3) is 4.07. The van der Waals surface area contributed by atoms with Crippen LogP contribution in [0.25, 0.3) is 0 Å². The molecular weight excluding hydrogens is 275 g/mol. The summed E-state index contributed by atoms with van der Waals surface area (Å²) in [6.07, 6.45) is -0.00170. The van der Waals surface area contributed by atoms with Crippen molar-refractivity contribution in [3.63, 3.8) is 0 Å². The van der Waals surface area contributed by atoms with Crippen LogP contribution in [-0.4, -0.2) is 42.8 Å². The van der Waals surface area contributed by atoms with Gasteiger partial charge in [-0.2, -0.15) is 0 Å². The highest BCUT2D eigenvalue weighted by Crippen LogP contribution is 2.26. The van der Waals surface area contributed by atoms with E-state index < -0.39 is 5.82 Å². The second-order valence-corrected chi connectivity index (χ2v) is 5.17. The maximum absolute atomic E-state index is 13.2. The van der Waals surface area contributed by atoms with E-state index in [1.54, 1.807) is 4.90 Å². The van der Waals surface area contributed by atoms with Crippen molar-refractivity contribution in [1.29, 1.82) is 0 Å². The Bertz CT molecular complexity index is 500. The lowest BCUT2D eigenvalue weighted by Gasteiger charge is -2.35. The summed E-state index contributed by atoms with van der Waals surface area (Å²) >= 11 is 0. The first-order chi connectivity index (χ1) is 9.99. The van der Waals surface area contributed by atoms with Gasteiger partial charge in [0.1, 0.15) is 11.6 Å². The van der Waals surface area contributed by atoms with E-state index in [0.29, 0.717) is 31.1 Å². The molecule has 116 valence electrons. The molecule has 0 bridgehead atoms. The molecule has 2 rings (SSSR count). The zero-order valence-corrected chi connectivity index (χ0v) is 12.6. The number of ether oxygens (including phenoxy) is 2. The molecule has 0 unspecified atom stereocenters. The number of hydrogen-bond donors (Lipinski definition) is 1. The zero-order valence-electron chi connectivity index (χ0n) is 12.6. The molecule has 1 fully saturated rings. The van der Waals surface area contributed by atoms with Crippen LogP contribution in [0.4, 0.5) is 14.9 Å². The molecule has 5 nitrogen and oxygen atoms in total. The molecule has 1 N–H and O–H groups in total. The Morgan fingerprint density at radius 1 is 1.43 bits per heavy atom. The summed E-state index contributed by atoms with van der Waals surface area (Å²) in [4.78, 5) is 14.0. The van der Waals surface area contributed by atoms with Gasteiger partial charge < -0.3 is 19.7 Å². The number of morpholine rings is 1. The van der Waals surface area contributed by atoms with Crippen LogP contribution in [0.1, 0.15) is 20.8 Å². The molecule has 1 heterocycles. The smallest absolute Gasteiger partial charge is 0.322 e. The van der Waals surface area contributed by atoms with E-state index >= 15 is 0 Å². The fraction of sp³-hybridized carbons (Fsp3) is 0.533. The molecule has 0 aromatic heterocycles. The normalized spacial score (nSPS) is 22.0. The van der Waals surface area contributed by atoms with Crippen molar-refractivity contribution in [3.05, 3.63) is 24.0 Å². The maximum Gasteiger partial charge on any atom is 0.322 e. The number of carbonyl (C=O) groups excluding carboxylic acids is 1. The lowest BCUT2D eigenvalue weighted by molar-refractivity contribution is -0.0530. The third-order valence-corrected chi connectivity index (χ3v) is 3.19. The number of nitrogens with zero attached hydrogens (tertiary/aromatic N) is 1. The van der Waals surface area contributed by atoms with Crippen LogP contribution in [0.3, 0.4) is 0 Å². The van der Waals surface area contributed by atoms with Gasteiger partial charge in [0.25, 0.3) is 0 Å². The Morgan fingerprint density at radius 3 is 2.71 bits per heavy atom. The summed E-state index contributed by atoms with van der Waals surface area (Å²) in [5.41, 5.74) is 0.468. The van der Waals surface area contributed by atoms with Gasteiger partial charge in [0.05, 0.1) is 24.5 Å². The van der Waals surface area contributed by atoms with Gasteiger partial charge in [-0.25, -0.2) is 9.18 Å². The van der Waals surface area contributed by atoms with Crippen molar-refractivity contribution in [2.24, 2.45) is 0 Å². The molecular formula is C15H21FN2O3. The van der Waals surface area contributed by atoms with Gasteiger partial charge in [0, 0.05) is 19.2 Å². The molecule has 0 aliphatic carbocycles. The largest absolute Gasteiger partial charge is 0.492 e. The summed E-state index contributed by atoms with van der Waals surface area (Å²) in [6.45, 7) is 7.13. The van der Waals surface area contributed by atoms with Crippen LogP contribution in [0, 0.1) is 5.82 Å². The van der Waals surface area contributed by atoms with Crippen molar-refractivity contribution in [2.45, 2.75) is 33.0 Å². The number of halogens is 1. The van der Waals surface area contributed by atoms with E-state index in [9.17, 15) is 9.18 Å². The van der Waals surface area contributed by atoms with Crippen LogP contribution < -0.4 is 10.1 Å². The number of rotatable bonds is 3. The Balaban J connectivity index is 2.08. The lowest BCUT2D eigenvalue weighted by atomic mass is 10.2. The molecule has 1 aromatic carbocycles. The predicted molar refractivity (Wildman–Crippen MR) is 78.2 cm³/mol. The fourth-order valence-corrected chi connectivity index (χ4v) is 2.41. The molecule has 0 saturated carbocycles. The number of hydrogen-bond acceptors (Lipinski definition) is 3. The zero-order chi connectivity index (χ0) is 15.4. The minimum absolute atomic E-state index is 0.000852. The monoisotopic (exact) mass is 296 g/mol. The van der Waals surface area contributed by atoms with Crippen LogP contribution >= 0.6 is 0 Å². The van der Waals surface area contributed by atoms with E-state index in [2.05, 4.69) is 5.32 Å². The minimum Gasteiger partial charge on any atom is -0.492 e. The molecule has 2 atom stereocenters. The molecule has 6 heteroatoms. The van der Waals surface area contributed by atoms with Crippen LogP contribution in [0.2, 0.25) is 0 Å². The fourth-order valence-electron chi connectivity index (χ4n) is 2.41. The van der Waals surface area contributed by atoms with Crippen molar-refractivity contribution in [1.82, 2.24) is 4.90 Å². The average Bonchev–Trinajstić information content (AvgIpc) is 2.41. The molecule has 1 aliphatic rings. The first-order valence-corrected chi connectivity index (χ1v) is 7.13. The number of urea groups is 1. The molecule has 21 heavy (non-hydrogen) atoms. The quantitative estimate of drug-likeness (QED) is 0.933. The van der Waals surface area contributed by atoms with E-state index in [-0.39, 0.29) is 18.2 Å². The second kappa shape index (κ2) is 6.76. The number of amides is 2. The summed E-state index contributed by atoms with van der Waals surface area (Å²) in [5.74, 6) is -0.0646. The standard InChI is InChI=1S/C15H21FN2O3/c1-4-20-14-7-12(16)5-6-13(14)17-15(19)18-8-10(2)21-11(3)9-18/h5-7,10-11H,4,8-9H2,1-3H3,(H,17,19)/t10-,11-/m0/s1. The third-order valence-electron chi connectivity index (χ3n) is 3.19. The highest BCUT2D eigenvalue weighted by Gasteiger charge is 2.26. The molecule has 1 aromatic rings. The molecule has 0 radical (unpaired) electrons.